The molecule has 0 spiro atoms. The number of aliphatic hydroxyl groups excluding tert-OH is 1. The maximum Gasteiger partial charge on any atom is 0.273 e. The van der Waals surface area contributed by atoms with Gasteiger partial charge in [-0.05, 0) is 18.6 Å². The second kappa shape index (κ2) is 8.66. The number of hydrogen-bond acceptors (Lipinski definition) is 7. The molecule has 2 heterocycles. The van der Waals surface area contributed by atoms with E-state index in [0.717, 1.165) is 16.7 Å². The highest BCUT2D eigenvalue weighted by molar-refractivity contribution is 7.17. The summed E-state index contributed by atoms with van der Waals surface area (Å²) in [4.78, 5) is 28.4. The molecule has 158 valence electrons. The van der Waals surface area contributed by atoms with Gasteiger partial charge < -0.3 is 9.84 Å². The van der Waals surface area contributed by atoms with Crippen molar-refractivity contribution in [2.24, 2.45) is 0 Å². The number of fused-ring (bicyclic) bond motifs is 1. The number of nitrogens with zero attached hydrogens (tertiary/aromatic N) is 3. The fraction of sp³-hybridized carbons (Fsp3) is 0.182. The molecule has 2 aromatic carbocycles. The van der Waals surface area contributed by atoms with Gasteiger partial charge in [0.15, 0.2) is 0 Å². The van der Waals surface area contributed by atoms with Crippen molar-refractivity contribution in [1.82, 2.24) is 9.55 Å². The van der Waals surface area contributed by atoms with E-state index in [9.17, 15) is 20.0 Å². The summed E-state index contributed by atoms with van der Waals surface area (Å²) < 4.78 is 6.81. The van der Waals surface area contributed by atoms with Crippen molar-refractivity contribution in [3.8, 4) is 16.9 Å². The average Bonchev–Trinajstić information content (AvgIpc) is 3.20. The summed E-state index contributed by atoms with van der Waals surface area (Å²) in [5, 5.41) is 23.6. The van der Waals surface area contributed by atoms with Gasteiger partial charge in [-0.25, -0.2) is 4.98 Å². The van der Waals surface area contributed by atoms with E-state index in [1.54, 1.807) is 6.07 Å². The SMILES string of the molecule is Cc1ccc(-c2csc3ncn(C[C@@H](O)COc4cccc([N+](=O)[O-])c4)c(=O)c23)cc1. The van der Waals surface area contributed by atoms with E-state index in [2.05, 4.69) is 4.98 Å². The molecule has 2 aromatic heterocycles. The number of aliphatic hydroxyl groups is 1. The molecule has 0 saturated heterocycles. The highest BCUT2D eigenvalue weighted by Gasteiger charge is 2.16. The first-order valence-electron chi connectivity index (χ1n) is 9.51. The third-order valence-electron chi connectivity index (χ3n) is 4.80. The van der Waals surface area contributed by atoms with E-state index >= 15 is 0 Å². The molecule has 0 amide bonds. The van der Waals surface area contributed by atoms with E-state index in [0.29, 0.717) is 10.2 Å². The summed E-state index contributed by atoms with van der Waals surface area (Å²) in [6, 6.07) is 13.6. The molecule has 0 unspecified atom stereocenters. The molecule has 1 N–H and O–H groups in total. The molecular weight excluding hydrogens is 418 g/mol. The highest BCUT2D eigenvalue weighted by Crippen LogP contribution is 2.30. The minimum atomic E-state index is -1.00. The predicted octanol–water partition coefficient (Wildman–Crippen LogP) is 3.78. The molecule has 4 rings (SSSR count). The lowest BCUT2D eigenvalue weighted by Gasteiger charge is -2.14. The predicted molar refractivity (Wildman–Crippen MR) is 119 cm³/mol. The van der Waals surface area contributed by atoms with Crippen molar-refractivity contribution in [3.05, 3.63) is 86.3 Å². The van der Waals surface area contributed by atoms with Crippen LogP contribution in [0.25, 0.3) is 21.3 Å². The zero-order valence-corrected chi connectivity index (χ0v) is 17.4. The van der Waals surface area contributed by atoms with E-state index in [-0.39, 0.29) is 30.1 Å². The largest absolute Gasteiger partial charge is 0.491 e. The Balaban J connectivity index is 1.53. The highest BCUT2D eigenvalue weighted by atomic mass is 32.1. The number of aryl methyl sites for hydroxylation is 1. The quantitative estimate of drug-likeness (QED) is 0.348. The Morgan fingerprint density at radius 1 is 1.26 bits per heavy atom. The lowest BCUT2D eigenvalue weighted by atomic mass is 10.1. The van der Waals surface area contributed by atoms with Crippen LogP contribution in [-0.2, 0) is 6.54 Å². The fourth-order valence-electron chi connectivity index (χ4n) is 3.20. The number of thiophene rings is 1. The molecule has 4 aromatic rings. The van der Waals surface area contributed by atoms with Crippen LogP contribution in [0.15, 0.2) is 65.0 Å². The van der Waals surface area contributed by atoms with Crippen LogP contribution >= 0.6 is 11.3 Å². The number of ether oxygens (including phenoxy) is 1. The van der Waals surface area contributed by atoms with Crippen LogP contribution in [0.1, 0.15) is 5.56 Å². The van der Waals surface area contributed by atoms with Crippen LogP contribution in [0.5, 0.6) is 5.75 Å². The minimum absolute atomic E-state index is 0.0140. The molecule has 8 nitrogen and oxygen atoms in total. The van der Waals surface area contributed by atoms with Gasteiger partial charge in [0, 0.05) is 17.0 Å². The van der Waals surface area contributed by atoms with Crippen molar-refractivity contribution >= 4 is 27.2 Å². The smallest absolute Gasteiger partial charge is 0.273 e. The molecule has 31 heavy (non-hydrogen) atoms. The van der Waals surface area contributed by atoms with Crippen molar-refractivity contribution < 1.29 is 14.8 Å². The van der Waals surface area contributed by atoms with E-state index in [4.69, 9.17) is 4.74 Å². The van der Waals surface area contributed by atoms with Crippen LogP contribution in [0.3, 0.4) is 0 Å². The van der Waals surface area contributed by atoms with Gasteiger partial charge in [-0.1, -0.05) is 35.9 Å². The Kier molecular flexibility index (Phi) is 5.79. The van der Waals surface area contributed by atoms with Crippen molar-refractivity contribution in [1.29, 1.82) is 0 Å². The normalized spacial score (nSPS) is 12.1. The second-order valence-electron chi connectivity index (χ2n) is 7.12. The molecule has 0 aliphatic rings. The Morgan fingerprint density at radius 2 is 2.03 bits per heavy atom. The molecule has 1 atom stereocenters. The van der Waals surface area contributed by atoms with Gasteiger partial charge in [0.2, 0.25) is 0 Å². The van der Waals surface area contributed by atoms with Crippen molar-refractivity contribution in [2.75, 3.05) is 6.61 Å². The first kappa shape index (κ1) is 20.7. The number of benzene rings is 2. The maximum atomic E-state index is 13.1. The molecular formula is C22H19N3O5S. The summed E-state index contributed by atoms with van der Waals surface area (Å²) in [5.41, 5.74) is 2.54. The average molecular weight is 437 g/mol. The standard InChI is InChI=1S/C22H19N3O5S/c1-14-5-7-15(8-6-14)19-12-31-21-20(19)22(27)24(13-23-21)10-17(26)11-30-18-4-2-3-16(9-18)25(28)29/h2-9,12-13,17,26H,10-11H2,1H3/t17-/m1/s1. The summed E-state index contributed by atoms with van der Waals surface area (Å²) in [6.07, 6.45) is 0.411. The van der Waals surface area contributed by atoms with Crippen molar-refractivity contribution in [2.45, 2.75) is 19.6 Å². The molecule has 0 bridgehead atoms. The van der Waals surface area contributed by atoms with Crippen LogP contribution in [0.4, 0.5) is 5.69 Å². The summed E-state index contributed by atoms with van der Waals surface area (Å²) >= 11 is 1.40. The molecule has 0 saturated carbocycles. The number of nitro groups is 1. The fourth-order valence-corrected chi connectivity index (χ4v) is 4.11. The number of aromatic nitrogens is 2. The third-order valence-corrected chi connectivity index (χ3v) is 5.69. The second-order valence-corrected chi connectivity index (χ2v) is 7.98. The zero-order valence-electron chi connectivity index (χ0n) is 16.6. The number of rotatable bonds is 7. The zero-order chi connectivity index (χ0) is 22.0. The van der Waals surface area contributed by atoms with Gasteiger partial charge >= 0.3 is 0 Å². The number of nitro benzene ring substituents is 1. The molecule has 0 aliphatic heterocycles. The molecule has 0 radical (unpaired) electrons. The summed E-state index contributed by atoms with van der Waals surface area (Å²) in [7, 11) is 0. The Morgan fingerprint density at radius 3 is 2.77 bits per heavy atom. The van der Waals surface area contributed by atoms with Gasteiger partial charge in [0.25, 0.3) is 11.2 Å². The maximum absolute atomic E-state index is 13.1. The van der Waals surface area contributed by atoms with E-state index in [1.165, 1.54) is 40.4 Å². The lowest BCUT2D eigenvalue weighted by molar-refractivity contribution is -0.384. The van der Waals surface area contributed by atoms with Gasteiger partial charge in [0.05, 0.1) is 29.2 Å². The van der Waals surface area contributed by atoms with Crippen molar-refractivity contribution in [3.63, 3.8) is 0 Å². The number of non-ortho nitro benzene ring substituents is 1. The molecule has 9 heteroatoms. The van der Waals surface area contributed by atoms with Crippen LogP contribution < -0.4 is 10.3 Å². The summed E-state index contributed by atoms with van der Waals surface area (Å²) in [5.74, 6) is 0.272. The van der Waals surface area contributed by atoms with Gasteiger partial charge in [-0.15, -0.1) is 11.3 Å². The Bertz CT molecular complexity index is 1300. The van der Waals surface area contributed by atoms with Gasteiger partial charge in [-0.2, -0.15) is 0 Å². The van der Waals surface area contributed by atoms with E-state index in [1.807, 2.05) is 36.6 Å². The van der Waals surface area contributed by atoms with Crippen LogP contribution in [-0.4, -0.2) is 32.3 Å². The van der Waals surface area contributed by atoms with Crippen LogP contribution in [0, 0.1) is 17.0 Å². The first-order chi connectivity index (χ1) is 14.9. The topological polar surface area (TPSA) is 107 Å². The molecule has 0 fully saturated rings. The molecule has 0 aliphatic carbocycles. The van der Waals surface area contributed by atoms with Crippen LogP contribution in [0.2, 0.25) is 0 Å². The first-order valence-corrected chi connectivity index (χ1v) is 10.4. The van der Waals surface area contributed by atoms with Gasteiger partial charge in [0.1, 0.15) is 23.3 Å². The third kappa shape index (κ3) is 4.47. The minimum Gasteiger partial charge on any atom is -0.491 e. The summed E-state index contributed by atoms with van der Waals surface area (Å²) in [6.45, 7) is 1.86. The Hall–Kier alpha value is -3.56. The Labute approximate surface area is 181 Å². The van der Waals surface area contributed by atoms with E-state index < -0.39 is 11.0 Å². The lowest BCUT2D eigenvalue weighted by Crippen LogP contribution is -2.30. The monoisotopic (exact) mass is 437 g/mol. The number of hydrogen-bond donors (Lipinski definition) is 1. The van der Waals surface area contributed by atoms with Gasteiger partial charge in [-0.3, -0.25) is 19.5 Å².